The molecule has 7 nitrogen and oxygen atoms in total. The number of hydrogen-bond acceptors (Lipinski definition) is 5. The Kier molecular flexibility index (Phi) is 6.50. The largest absolute Gasteiger partial charge is 0.444 e. The van der Waals surface area contributed by atoms with Crippen LogP contribution in [0.5, 0.6) is 0 Å². The molecule has 2 amide bonds. The van der Waals surface area contributed by atoms with Gasteiger partial charge in [0.05, 0.1) is 12.1 Å². The summed E-state index contributed by atoms with van der Waals surface area (Å²) in [6.07, 6.45) is -1.03. The summed E-state index contributed by atoms with van der Waals surface area (Å²) in [5.41, 5.74) is -1.16. The minimum Gasteiger partial charge on any atom is -0.444 e. The number of nitrogens with zero attached hydrogens (tertiary/aromatic N) is 2. The van der Waals surface area contributed by atoms with E-state index in [1.165, 1.54) is 0 Å². The van der Waals surface area contributed by atoms with Crippen LogP contribution in [0, 0.1) is 0 Å². The molecule has 0 unspecified atom stereocenters. The highest BCUT2D eigenvalue weighted by Gasteiger charge is 2.36. The third-order valence-electron chi connectivity index (χ3n) is 3.38. The first-order valence-electron chi connectivity index (χ1n) is 8.44. The molecule has 1 saturated heterocycles. The topological polar surface area (TPSA) is 79.3 Å². The molecule has 1 N–H and O–H groups in total. The van der Waals surface area contributed by atoms with Crippen LogP contribution in [0.15, 0.2) is 0 Å². The van der Waals surface area contributed by atoms with Crippen molar-refractivity contribution in [1.82, 2.24) is 9.80 Å². The molecule has 24 heavy (non-hydrogen) atoms. The fourth-order valence-corrected chi connectivity index (χ4v) is 2.50. The first-order chi connectivity index (χ1) is 10.8. The second kappa shape index (κ2) is 7.59. The van der Waals surface area contributed by atoms with Gasteiger partial charge >= 0.3 is 12.2 Å². The molecule has 1 heterocycles. The molecule has 0 spiro atoms. The molecule has 2 atom stereocenters. The quantitative estimate of drug-likeness (QED) is 0.833. The van der Waals surface area contributed by atoms with E-state index in [-0.39, 0.29) is 6.04 Å². The van der Waals surface area contributed by atoms with Crippen molar-refractivity contribution in [3.63, 3.8) is 0 Å². The first kappa shape index (κ1) is 20.5. The summed E-state index contributed by atoms with van der Waals surface area (Å²) in [5, 5.41) is 9.73. The fraction of sp³-hybridized carbons (Fsp3) is 0.882. The maximum atomic E-state index is 12.4. The molecule has 0 aliphatic carbocycles. The molecule has 140 valence electrons. The van der Waals surface area contributed by atoms with Crippen LogP contribution in [-0.4, -0.2) is 70.1 Å². The van der Waals surface area contributed by atoms with Crippen molar-refractivity contribution < 1.29 is 24.2 Å². The normalized spacial score (nSPS) is 20.6. The Hall–Kier alpha value is -1.50. The van der Waals surface area contributed by atoms with Gasteiger partial charge in [0, 0.05) is 19.6 Å². The van der Waals surface area contributed by atoms with Gasteiger partial charge in [-0.2, -0.15) is 0 Å². The Morgan fingerprint density at radius 2 is 1.54 bits per heavy atom. The molecular weight excluding hydrogens is 312 g/mol. The lowest BCUT2D eigenvalue weighted by Gasteiger charge is -2.42. The minimum absolute atomic E-state index is 0.305. The van der Waals surface area contributed by atoms with Crippen LogP contribution in [0.3, 0.4) is 0 Å². The van der Waals surface area contributed by atoms with Crippen molar-refractivity contribution in [2.24, 2.45) is 0 Å². The lowest BCUT2D eigenvalue weighted by molar-refractivity contribution is -0.0211. The van der Waals surface area contributed by atoms with E-state index < -0.39 is 29.5 Å². The molecule has 1 fully saturated rings. The molecule has 0 saturated carbocycles. The molecule has 0 aromatic carbocycles. The van der Waals surface area contributed by atoms with Gasteiger partial charge in [-0.25, -0.2) is 9.59 Å². The van der Waals surface area contributed by atoms with Crippen LogP contribution >= 0.6 is 0 Å². The number of rotatable bonds is 2. The monoisotopic (exact) mass is 344 g/mol. The molecule has 0 radical (unpaired) electrons. The molecule has 1 rings (SSSR count). The Balaban J connectivity index is 2.80. The number of carbonyl (C=O) groups excluding carboxylic acids is 2. The van der Waals surface area contributed by atoms with Gasteiger partial charge in [-0.15, -0.1) is 0 Å². The van der Waals surface area contributed by atoms with E-state index in [1.54, 1.807) is 16.7 Å². The van der Waals surface area contributed by atoms with Crippen LogP contribution in [0.25, 0.3) is 0 Å². The van der Waals surface area contributed by atoms with E-state index in [0.29, 0.717) is 26.1 Å². The Morgan fingerprint density at radius 1 is 1.04 bits per heavy atom. The van der Waals surface area contributed by atoms with Gasteiger partial charge in [-0.05, 0) is 54.9 Å². The average molecular weight is 344 g/mol. The molecule has 0 aromatic heterocycles. The zero-order valence-corrected chi connectivity index (χ0v) is 16.0. The summed E-state index contributed by atoms with van der Waals surface area (Å²) >= 11 is 0. The van der Waals surface area contributed by atoms with Gasteiger partial charge in [-0.3, -0.25) is 0 Å². The number of aliphatic hydroxyl groups excluding tert-OH is 1. The van der Waals surface area contributed by atoms with Gasteiger partial charge in [0.2, 0.25) is 0 Å². The zero-order chi connectivity index (χ0) is 18.7. The van der Waals surface area contributed by atoms with Gasteiger partial charge < -0.3 is 24.4 Å². The van der Waals surface area contributed by atoms with E-state index in [4.69, 9.17) is 9.47 Å². The van der Waals surface area contributed by atoms with Crippen LogP contribution in [0.2, 0.25) is 0 Å². The summed E-state index contributed by atoms with van der Waals surface area (Å²) in [5.74, 6) is 0. The van der Waals surface area contributed by atoms with E-state index in [9.17, 15) is 14.7 Å². The van der Waals surface area contributed by atoms with Crippen LogP contribution < -0.4 is 0 Å². The van der Waals surface area contributed by atoms with E-state index >= 15 is 0 Å². The standard InChI is InChI=1S/C17H32N2O5/c1-12(20)10-13-11-18(14(21)23-16(2,3)4)8-9-19(13)15(22)24-17(5,6)7/h12-13,20H,8-11H2,1-7H3/t12-,13+/m1/s1. The molecule has 1 aliphatic heterocycles. The highest BCUT2D eigenvalue weighted by atomic mass is 16.6. The Bertz CT molecular complexity index is 451. The molecular formula is C17H32N2O5. The SMILES string of the molecule is C[C@@H](O)C[C@H]1CN(C(=O)OC(C)(C)C)CCN1C(=O)OC(C)(C)C. The summed E-state index contributed by atoms with van der Waals surface area (Å²) in [4.78, 5) is 27.8. The second-order valence-corrected chi connectivity index (χ2v) is 8.34. The summed E-state index contributed by atoms with van der Waals surface area (Å²) in [7, 11) is 0. The summed E-state index contributed by atoms with van der Waals surface area (Å²) in [6.45, 7) is 13.6. The van der Waals surface area contributed by atoms with Crippen molar-refractivity contribution in [1.29, 1.82) is 0 Å². The third-order valence-corrected chi connectivity index (χ3v) is 3.38. The lowest BCUT2D eigenvalue weighted by Crippen LogP contribution is -2.58. The van der Waals surface area contributed by atoms with E-state index in [2.05, 4.69) is 0 Å². The summed E-state index contributed by atoms with van der Waals surface area (Å²) < 4.78 is 10.8. The van der Waals surface area contributed by atoms with Gasteiger partial charge in [-0.1, -0.05) is 0 Å². The van der Waals surface area contributed by atoms with Gasteiger partial charge in [0.25, 0.3) is 0 Å². The van der Waals surface area contributed by atoms with Gasteiger partial charge in [0.1, 0.15) is 11.2 Å². The van der Waals surface area contributed by atoms with Crippen molar-refractivity contribution in [3.8, 4) is 0 Å². The summed E-state index contributed by atoms with van der Waals surface area (Å²) in [6, 6.07) is -0.305. The van der Waals surface area contributed by atoms with Crippen LogP contribution in [0.1, 0.15) is 54.9 Å². The van der Waals surface area contributed by atoms with Crippen LogP contribution in [0.4, 0.5) is 9.59 Å². The predicted octanol–water partition coefficient (Wildman–Crippen LogP) is 2.61. The fourth-order valence-electron chi connectivity index (χ4n) is 2.50. The van der Waals surface area contributed by atoms with Crippen molar-refractivity contribution in [2.45, 2.75) is 78.2 Å². The predicted molar refractivity (Wildman–Crippen MR) is 90.8 cm³/mol. The average Bonchev–Trinajstić information content (AvgIpc) is 2.33. The number of piperazine rings is 1. The second-order valence-electron chi connectivity index (χ2n) is 8.34. The number of ether oxygens (including phenoxy) is 2. The molecule has 1 aliphatic rings. The lowest BCUT2D eigenvalue weighted by atomic mass is 10.1. The number of carbonyl (C=O) groups is 2. The smallest absolute Gasteiger partial charge is 0.410 e. The molecule has 0 aromatic rings. The third kappa shape index (κ3) is 6.95. The molecule has 0 bridgehead atoms. The van der Waals surface area contributed by atoms with Gasteiger partial charge in [0.15, 0.2) is 0 Å². The Labute approximate surface area is 144 Å². The van der Waals surface area contributed by atoms with Crippen molar-refractivity contribution >= 4 is 12.2 Å². The van der Waals surface area contributed by atoms with Crippen LogP contribution in [-0.2, 0) is 9.47 Å². The van der Waals surface area contributed by atoms with E-state index in [0.717, 1.165) is 0 Å². The van der Waals surface area contributed by atoms with Crippen molar-refractivity contribution in [2.75, 3.05) is 19.6 Å². The maximum Gasteiger partial charge on any atom is 0.410 e. The highest BCUT2D eigenvalue weighted by molar-refractivity contribution is 5.71. The Morgan fingerprint density at radius 3 is 2.00 bits per heavy atom. The molecule has 7 heteroatoms. The highest BCUT2D eigenvalue weighted by Crippen LogP contribution is 2.20. The van der Waals surface area contributed by atoms with E-state index in [1.807, 2.05) is 41.5 Å². The number of hydrogen-bond donors (Lipinski definition) is 1. The van der Waals surface area contributed by atoms with Crippen molar-refractivity contribution in [3.05, 3.63) is 0 Å². The minimum atomic E-state index is -0.589. The maximum absolute atomic E-state index is 12.4. The number of amides is 2. The number of aliphatic hydroxyl groups is 1. The zero-order valence-electron chi connectivity index (χ0n) is 16.0. The first-order valence-corrected chi connectivity index (χ1v) is 8.44.